The van der Waals surface area contributed by atoms with Gasteiger partial charge in [-0.05, 0) is 6.07 Å². The molecule has 0 saturated carbocycles. The molecule has 9 heteroatoms. The van der Waals surface area contributed by atoms with E-state index in [0.717, 1.165) is 6.07 Å². The number of nitriles is 1. The van der Waals surface area contributed by atoms with Gasteiger partial charge in [0, 0.05) is 0 Å². The Morgan fingerprint density at radius 3 is 1.81 bits per heavy atom. The Labute approximate surface area is 89.4 Å². The molecule has 0 amide bonds. The zero-order valence-corrected chi connectivity index (χ0v) is 7.81. The van der Waals surface area contributed by atoms with E-state index in [4.69, 9.17) is 26.1 Å². The van der Waals surface area contributed by atoms with Gasteiger partial charge < -0.3 is 0 Å². The lowest BCUT2D eigenvalue weighted by Gasteiger charge is -2.15. The second kappa shape index (κ2) is 5.01. The Bertz CT molecular complexity index is 430. The highest BCUT2D eigenvalue weighted by atomic mass is 16.5. The van der Waals surface area contributed by atoms with Crippen LogP contribution >= 0.6 is 0 Å². The molecule has 0 unspecified atom stereocenters. The summed E-state index contributed by atoms with van der Waals surface area (Å²) in [6.07, 6.45) is 0. The molecule has 0 aliphatic heterocycles. The quantitative estimate of drug-likeness (QED) is 0.348. The Morgan fingerprint density at radius 2 is 1.44 bits per heavy atom. The predicted octanol–water partition coefficient (Wildman–Crippen LogP) is 0.763. The van der Waals surface area contributed by atoms with E-state index in [0.29, 0.717) is 0 Å². The number of rotatable bonds is 4. The second-order valence-corrected chi connectivity index (χ2v) is 2.66. The first kappa shape index (κ1) is 11.8. The molecule has 0 atom stereocenters. The fourth-order valence-electron chi connectivity index (χ4n) is 1.20. The average Bonchev–Trinajstić information content (AvgIpc) is 2.35. The largest absolute Gasteiger partial charge is 0.291 e. The first-order chi connectivity index (χ1) is 7.73. The molecule has 1 aromatic carbocycles. The van der Waals surface area contributed by atoms with Crippen molar-refractivity contribution in [1.29, 1.82) is 5.26 Å². The summed E-state index contributed by atoms with van der Waals surface area (Å²) in [6.45, 7) is 0. The Balaban J connectivity index is 3.56. The standard InChI is InChI=1S/C7H9N5O4/c8-2-3-4(9-13)1-5(10-14)7(12-16)6(3)11-15/h1,9-16H. The maximum atomic E-state index is 8.83. The molecule has 0 bridgehead atoms. The summed E-state index contributed by atoms with van der Waals surface area (Å²) in [5, 5.41) is 43.9. The van der Waals surface area contributed by atoms with Crippen LogP contribution in [0.5, 0.6) is 0 Å². The molecule has 0 heterocycles. The minimum Gasteiger partial charge on any atom is -0.291 e. The van der Waals surface area contributed by atoms with Gasteiger partial charge in [0.05, 0.1) is 11.4 Å². The van der Waals surface area contributed by atoms with Crippen molar-refractivity contribution in [1.82, 2.24) is 0 Å². The second-order valence-electron chi connectivity index (χ2n) is 2.66. The van der Waals surface area contributed by atoms with Gasteiger partial charge >= 0.3 is 0 Å². The molecule has 0 aromatic heterocycles. The van der Waals surface area contributed by atoms with Crippen LogP contribution in [0.3, 0.4) is 0 Å². The summed E-state index contributed by atoms with van der Waals surface area (Å²) in [5.41, 5.74) is 6.08. The topological polar surface area (TPSA) is 153 Å². The van der Waals surface area contributed by atoms with Gasteiger partial charge in [-0.25, -0.2) is 0 Å². The molecule has 9 nitrogen and oxygen atoms in total. The van der Waals surface area contributed by atoms with Crippen LogP contribution in [-0.4, -0.2) is 20.8 Å². The van der Waals surface area contributed by atoms with Gasteiger partial charge in [-0.2, -0.15) is 5.26 Å². The van der Waals surface area contributed by atoms with Crippen molar-refractivity contribution >= 4 is 22.7 Å². The maximum absolute atomic E-state index is 8.83. The fraction of sp³-hybridized carbons (Fsp3) is 0. The lowest BCUT2D eigenvalue weighted by molar-refractivity contribution is 0.370. The molecule has 8 N–H and O–H groups in total. The minimum absolute atomic E-state index is 0.0744. The van der Waals surface area contributed by atoms with Crippen LogP contribution < -0.4 is 21.9 Å². The normalized spacial score (nSPS) is 9.19. The Kier molecular flexibility index (Phi) is 3.70. The fourth-order valence-corrected chi connectivity index (χ4v) is 1.20. The zero-order valence-electron chi connectivity index (χ0n) is 7.81. The Hall–Kier alpha value is -2.25. The summed E-state index contributed by atoms with van der Waals surface area (Å²) in [4.78, 5) is 0. The summed E-state index contributed by atoms with van der Waals surface area (Å²) in [7, 11) is 0. The molecule has 0 radical (unpaired) electrons. The van der Waals surface area contributed by atoms with Crippen molar-refractivity contribution in [3.8, 4) is 6.07 Å². The zero-order chi connectivity index (χ0) is 12.1. The van der Waals surface area contributed by atoms with Crippen LogP contribution in [0.4, 0.5) is 22.7 Å². The van der Waals surface area contributed by atoms with Crippen molar-refractivity contribution in [2.75, 3.05) is 21.9 Å². The number of hydrogen-bond acceptors (Lipinski definition) is 9. The van der Waals surface area contributed by atoms with Crippen molar-refractivity contribution in [3.63, 3.8) is 0 Å². The van der Waals surface area contributed by atoms with E-state index in [2.05, 4.69) is 0 Å². The van der Waals surface area contributed by atoms with Crippen molar-refractivity contribution in [2.45, 2.75) is 0 Å². The van der Waals surface area contributed by atoms with Gasteiger partial charge in [0.1, 0.15) is 23.0 Å². The molecule has 16 heavy (non-hydrogen) atoms. The third-order valence-electron chi connectivity index (χ3n) is 1.90. The van der Waals surface area contributed by atoms with Crippen LogP contribution in [0.25, 0.3) is 0 Å². The predicted molar refractivity (Wildman–Crippen MR) is 52.8 cm³/mol. The first-order valence-electron chi connectivity index (χ1n) is 3.95. The van der Waals surface area contributed by atoms with E-state index in [1.807, 2.05) is 0 Å². The van der Waals surface area contributed by atoms with Crippen molar-refractivity contribution < 1.29 is 20.8 Å². The van der Waals surface area contributed by atoms with Crippen LogP contribution in [0, 0.1) is 11.3 Å². The van der Waals surface area contributed by atoms with E-state index < -0.39 is 0 Å². The molecular formula is C7H9N5O4. The molecule has 0 spiro atoms. The monoisotopic (exact) mass is 227 g/mol. The minimum atomic E-state index is -0.222. The molecule has 0 fully saturated rings. The Morgan fingerprint density at radius 1 is 0.875 bits per heavy atom. The van der Waals surface area contributed by atoms with Crippen LogP contribution in [-0.2, 0) is 0 Å². The number of hydrogen-bond donors (Lipinski definition) is 8. The third kappa shape index (κ3) is 1.76. The summed E-state index contributed by atoms with van der Waals surface area (Å²) < 4.78 is 0. The van der Waals surface area contributed by atoms with Crippen LogP contribution in [0.1, 0.15) is 5.56 Å². The van der Waals surface area contributed by atoms with Crippen molar-refractivity contribution in [3.05, 3.63) is 11.6 Å². The number of nitrogens with zero attached hydrogens (tertiary/aromatic N) is 1. The first-order valence-corrected chi connectivity index (χ1v) is 3.95. The van der Waals surface area contributed by atoms with Crippen LogP contribution in [0.15, 0.2) is 6.07 Å². The van der Waals surface area contributed by atoms with Gasteiger partial charge in [0.2, 0.25) is 0 Å². The molecule has 86 valence electrons. The molecule has 0 saturated heterocycles. The van der Waals surface area contributed by atoms with Crippen LogP contribution in [0.2, 0.25) is 0 Å². The summed E-state index contributed by atoms with van der Waals surface area (Å²) in [5.74, 6) is 0. The lowest BCUT2D eigenvalue weighted by Crippen LogP contribution is -2.07. The van der Waals surface area contributed by atoms with Gasteiger partial charge in [0.15, 0.2) is 0 Å². The number of benzene rings is 1. The average molecular weight is 227 g/mol. The van der Waals surface area contributed by atoms with E-state index in [-0.39, 0.29) is 28.3 Å². The molecular weight excluding hydrogens is 218 g/mol. The van der Waals surface area contributed by atoms with Gasteiger partial charge in [0.25, 0.3) is 0 Å². The van der Waals surface area contributed by atoms with E-state index in [1.165, 1.54) is 0 Å². The van der Waals surface area contributed by atoms with Gasteiger partial charge in [-0.3, -0.25) is 42.7 Å². The maximum Gasteiger partial charge on any atom is 0.113 e. The number of anilines is 4. The summed E-state index contributed by atoms with van der Waals surface area (Å²) >= 11 is 0. The van der Waals surface area contributed by atoms with Crippen molar-refractivity contribution in [2.24, 2.45) is 0 Å². The summed E-state index contributed by atoms with van der Waals surface area (Å²) in [6, 6.07) is 2.82. The highest BCUT2D eigenvalue weighted by molar-refractivity contribution is 5.90. The van der Waals surface area contributed by atoms with Gasteiger partial charge in [-0.15, -0.1) is 0 Å². The lowest BCUT2D eigenvalue weighted by atomic mass is 10.1. The SMILES string of the molecule is N#Cc1c(NO)cc(NO)c(NO)c1NO. The van der Waals surface area contributed by atoms with E-state index in [9.17, 15) is 0 Å². The smallest absolute Gasteiger partial charge is 0.113 e. The number of nitrogens with one attached hydrogen (secondary N) is 4. The molecule has 1 rings (SSSR count). The highest BCUT2D eigenvalue weighted by Gasteiger charge is 2.17. The third-order valence-corrected chi connectivity index (χ3v) is 1.90. The van der Waals surface area contributed by atoms with E-state index >= 15 is 0 Å². The highest BCUT2D eigenvalue weighted by Crippen LogP contribution is 2.37. The molecule has 1 aromatic rings. The molecule has 0 aliphatic rings. The molecule has 0 aliphatic carbocycles. The van der Waals surface area contributed by atoms with Gasteiger partial charge in [-0.1, -0.05) is 0 Å². The van der Waals surface area contributed by atoms with E-state index in [1.54, 1.807) is 28.0 Å².